The van der Waals surface area contributed by atoms with Gasteiger partial charge in [-0.25, -0.2) is 0 Å². The molecule has 0 heterocycles. The second-order valence-electron chi connectivity index (χ2n) is 4.37. The van der Waals surface area contributed by atoms with Gasteiger partial charge in [0.15, 0.2) is 0 Å². The number of ether oxygens (including phenoxy) is 2. The molecule has 0 bridgehead atoms. The van der Waals surface area contributed by atoms with Crippen LogP contribution in [-0.4, -0.2) is 37.9 Å². The van der Waals surface area contributed by atoms with E-state index in [4.69, 9.17) is 9.47 Å². The van der Waals surface area contributed by atoms with Crippen LogP contribution < -0.4 is 5.32 Å². The van der Waals surface area contributed by atoms with E-state index in [-0.39, 0.29) is 18.1 Å². The van der Waals surface area contributed by atoms with Gasteiger partial charge in [-0.15, -0.1) is 0 Å². The van der Waals surface area contributed by atoms with Gasteiger partial charge in [0, 0.05) is 19.6 Å². The van der Waals surface area contributed by atoms with Gasteiger partial charge in [-0.05, 0) is 27.7 Å². The second kappa shape index (κ2) is 6.08. The van der Waals surface area contributed by atoms with E-state index >= 15 is 0 Å². The Hall–Kier alpha value is -0.610. The third kappa shape index (κ3) is 4.62. The lowest BCUT2D eigenvalue weighted by Gasteiger charge is -2.32. The first-order valence-corrected chi connectivity index (χ1v) is 5.24. The van der Waals surface area contributed by atoms with Gasteiger partial charge in [-0.3, -0.25) is 10.1 Å². The van der Waals surface area contributed by atoms with Crippen molar-refractivity contribution in [2.45, 2.75) is 51.8 Å². The number of carbonyl (C=O) groups excluding carboxylic acids is 1. The fourth-order valence-electron chi connectivity index (χ4n) is 1.72. The molecule has 0 rings (SSSR count). The largest absolute Gasteiger partial charge is 0.468 e. The predicted octanol–water partition coefficient (Wildman–Crippen LogP) is 1.34. The fourth-order valence-corrected chi connectivity index (χ4v) is 1.72. The van der Waals surface area contributed by atoms with E-state index < -0.39 is 5.54 Å². The Balaban J connectivity index is 4.61. The first-order chi connectivity index (χ1) is 6.85. The molecule has 0 aromatic carbocycles. The zero-order valence-corrected chi connectivity index (χ0v) is 10.6. The van der Waals surface area contributed by atoms with Crippen molar-refractivity contribution in [3.05, 3.63) is 0 Å². The normalized spacial score (nSPS) is 17.3. The van der Waals surface area contributed by atoms with E-state index in [1.165, 1.54) is 7.11 Å². The number of hydrogen-bond acceptors (Lipinski definition) is 4. The van der Waals surface area contributed by atoms with Crippen molar-refractivity contribution < 1.29 is 14.3 Å². The highest BCUT2D eigenvalue weighted by Crippen LogP contribution is 2.17. The minimum Gasteiger partial charge on any atom is -0.468 e. The Morgan fingerprint density at radius 2 is 1.87 bits per heavy atom. The molecule has 4 heteroatoms. The second-order valence-corrected chi connectivity index (χ2v) is 4.37. The molecule has 2 unspecified atom stereocenters. The Kier molecular flexibility index (Phi) is 5.83. The molecule has 0 aromatic rings. The van der Waals surface area contributed by atoms with Crippen LogP contribution in [-0.2, 0) is 14.3 Å². The van der Waals surface area contributed by atoms with Crippen molar-refractivity contribution in [3.8, 4) is 0 Å². The molecule has 0 radical (unpaired) electrons. The zero-order valence-electron chi connectivity index (χ0n) is 10.6. The van der Waals surface area contributed by atoms with Crippen LogP contribution in [0, 0.1) is 0 Å². The van der Waals surface area contributed by atoms with Crippen LogP contribution >= 0.6 is 0 Å². The lowest BCUT2D eigenvalue weighted by Crippen LogP contribution is -2.54. The lowest BCUT2D eigenvalue weighted by molar-refractivity contribution is -0.149. The van der Waals surface area contributed by atoms with Crippen LogP contribution in [0.2, 0.25) is 0 Å². The maximum Gasteiger partial charge on any atom is 0.325 e. The molecule has 0 spiro atoms. The molecule has 2 atom stereocenters. The Morgan fingerprint density at radius 3 is 2.20 bits per heavy atom. The van der Waals surface area contributed by atoms with Gasteiger partial charge < -0.3 is 9.47 Å². The van der Waals surface area contributed by atoms with Gasteiger partial charge in [0.2, 0.25) is 0 Å². The van der Waals surface area contributed by atoms with E-state index in [0.717, 1.165) is 0 Å². The van der Waals surface area contributed by atoms with E-state index in [1.54, 1.807) is 7.11 Å². The number of hydrogen-bond donors (Lipinski definition) is 1. The fraction of sp³-hybridized carbons (Fsp3) is 0.909. The molecule has 4 nitrogen and oxygen atoms in total. The van der Waals surface area contributed by atoms with E-state index in [9.17, 15) is 4.79 Å². The summed E-state index contributed by atoms with van der Waals surface area (Å²) < 4.78 is 9.98. The van der Waals surface area contributed by atoms with Gasteiger partial charge in [0.05, 0.1) is 13.2 Å². The third-order valence-corrected chi connectivity index (χ3v) is 2.34. The topological polar surface area (TPSA) is 47.6 Å². The molecule has 0 aliphatic rings. The summed E-state index contributed by atoms with van der Waals surface area (Å²) in [6.07, 6.45) is 0.606. The van der Waals surface area contributed by atoms with Crippen LogP contribution in [0.4, 0.5) is 0 Å². The van der Waals surface area contributed by atoms with Crippen molar-refractivity contribution in [3.63, 3.8) is 0 Å². The summed E-state index contributed by atoms with van der Waals surface area (Å²) in [4.78, 5) is 11.7. The lowest BCUT2D eigenvalue weighted by atomic mass is 9.94. The van der Waals surface area contributed by atoms with Gasteiger partial charge in [-0.2, -0.15) is 0 Å². The van der Waals surface area contributed by atoms with Crippen LogP contribution in [0.5, 0.6) is 0 Å². The van der Waals surface area contributed by atoms with E-state index in [2.05, 4.69) is 5.32 Å². The number of methoxy groups -OCH3 is 2. The smallest absolute Gasteiger partial charge is 0.325 e. The quantitative estimate of drug-likeness (QED) is 0.682. The van der Waals surface area contributed by atoms with Crippen LogP contribution in [0.3, 0.4) is 0 Å². The van der Waals surface area contributed by atoms with Gasteiger partial charge >= 0.3 is 5.97 Å². The number of esters is 1. The summed E-state index contributed by atoms with van der Waals surface area (Å²) in [6.45, 7) is 7.77. The Labute approximate surface area is 92.3 Å². The van der Waals surface area contributed by atoms with E-state index in [1.807, 2.05) is 27.7 Å². The van der Waals surface area contributed by atoms with Crippen molar-refractivity contribution >= 4 is 5.97 Å². The van der Waals surface area contributed by atoms with Gasteiger partial charge in [-0.1, -0.05) is 0 Å². The average Bonchev–Trinajstić information content (AvgIpc) is 2.14. The minimum atomic E-state index is -0.682. The van der Waals surface area contributed by atoms with Crippen molar-refractivity contribution in [1.82, 2.24) is 5.32 Å². The van der Waals surface area contributed by atoms with Crippen molar-refractivity contribution in [2.24, 2.45) is 0 Å². The number of nitrogens with one attached hydrogen (secondary N) is 1. The molecule has 0 aliphatic carbocycles. The minimum absolute atomic E-state index is 0.0142. The molecule has 1 N–H and O–H groups in total. The molecule has 90 valence electrons. The summed E-state index contributed by atoms with van der Waals surface area (Å²) >= 11 is 0. The highest BCUT2D eigenvalue weighted by Gasteiger charge is 2.36. The molecular weight excluding hydrogens is 194 g/mol. The Bertz CT molecular complexity index is 206. The number of carbonyl (C=O) groups is 1. The average molecular weight is 217 g/mol. The maximum atomic E-state index is 11.7. The summed E-state index contributed by atoms with van der Waals surface area (Å²) in [7, 11) is 3.04. The standard InChI is InChI=1S/C11H23NO3/c1-8(2)12-11(4,10(13)15-6)7-9(3)14-5/h8-9,12H,7H2,1-6H3. The van der Waals surface area contributed by atoms with Crippen LogP contribution in [0.15, 0.2) is 0 Å². The van der Waals surface area contributed by atoms with Crippen LogP contribution in [0.25, 0.3) is 0 Å². The molecule has 0 amide bonds. The third-order valence-electron chi connectivity index (χ3n) is 2.34. The highest BCUT2D eigenvalue weighted by atomic mass is 16.5. The Morgan fingerprint density at radius 1 is 1.33 bits per heavy atom. The molecule has 0 saturated heterocycles. The van der Waals surface area contributed by atoms with Gasteiger partial charge in [0.1, 0.15) is 5.54 Å². The molecule has 0 saturated carbocycles. The molecule has 15 heavy (non-hydrogen) atoms. The maximum absolute atomic E-state index is 11.7. The number of rotatable bonds is 6. The zero-order chi connectivity index (χ0) is 12.1. The first kappa shape index (κ1) is 14.4. The van der Waals surface area contributed by atoms with Crippen LogP contribution in [0.1, 0.15) is 34.1 Å². The summed E-state index contributed by atoms with van der Waals surface area (Å²) in [5.74, 6) is -0.250. The first-order valence-electron chi connectivity index (χ1n) is 5.24. The summed E-state index contributed by atoms with van der Waals surface area (Å²) in [6, 6.07) is 0.221. The summed E-state index contributed by atoms with van der Waals surface area (Å²) in [5, 5.41) is 3.22. The van der Waals surface area contributed by atoms with Crippen molar-refractivity contribution in [2.75, 3.05) is 14.2 Å². The summed E-state index contributed by atoms with van der Waals surface area (Å²) in [5.41, 5.74) is -0.682. The van der Waals surface area contributed by atoms with E-state index in [0.29, 0.717) is 6.42 Å². The monoisotopic (exact) mass is 217 g/mol. The van der Waals surface area contributed by atoms with Gasteiger partial charge in [0.25, 0.3) is 0 Å². The highest BCUT2D eigenvalue weighted by molar-refractivity contribution is 5.80. The molecular formula is C11H23NO3. The SMILES string of the molecule is COC(=O)C(C)(CC(C)OC)NC(C)C. The van der Waals surface area contributed by atoms with Crippen molar-refractivity contribution in [1.29, 1.82) is 0 Å². The predicted molar refractivity (Wildman–Crippen MR) is 59.8 cm³/mol. The molecule has 0 fully saturated rings. The molecule has 0 aliphatic heterocycles. The molecule has 0 aromatic heterocycles.